The van der Waals surface area contributed by atoms with Crippen molar-refractivity contribution >= 4 is 15.7 Å². The van der Waals surface area contributed by atoms with Gasteiger partial charge in [-0.25, -0.2) is 13.1 Å². The van der Waals surface area contributed by atoms with Crippen molar-refractivity contribution in [1.29, 1.82) is 0 Å². The molecule has 1 aromatic carbocycles. The van der Waals surface area contributed by atoms with Crippen LogP contribution in [0.1, 0.15) is 12.0 Å². The minimum absolute atomic E-state index is 0.201. The van der Waals surface area contributed by atoms with Crippen LogP contribution in [0.5, 0.6) is 0 Å². The maximum absolute atomic E-state index is 11.9. The first-order valence-corrected chi connectivity index (χ1v) is 6.80. The van der Waals surface area contributed by atoms with Gasteiger partial charge in [0.25, 0.3) is 0 Å². The SMILES string of the molecule is COCCCNS(=O)(=O)c1cc(C)cc(N)c1. The van der Waals surface area contributed by atoms with Gasteiger partial charge in [-0.1, -0.05) is 0 Å². The fourth-order valence-corrected chi connectivity index (χ4v) is 2.65. The third-order valence-electron chi connectivity index (χ3n) is 2.20. The molecule has 0 heterocycles. The fourth-order valence-electron chi connectivity index (χ4n) is 1.44. The second-order valence-corrected chi connectivity index (χ2v) is 5.59. The van der Waals surface area contributed by atoms with Gasteiger partial charge in [0, 0.05) is 25.9 Å². The second-order valence-electron chi connectivity index (χ2n) is 3.82. The lowest BCUT2D eigenvalue weighted by Crippen LogP contribution is -2.25. The lowest BCUT2D eigenvalue weighted by atomic mass is 10.2. The van der Waals surface area contributed by atoms with E-state index in [1.807, 2.05) is 0 Å². The van der Waals surface area contributed by atoms with Gasteiger partial charge in [-0.2, -0.15) is 0 Å². The van der Waals surface area contributed by atoms with Crippen LogP contribution in [0.2, 0.25) is 0 Å². The highest BCUT2D eigenvalue weighted by molar-refractivity contribution is 7.89. The maximum Gasteiger partial charge on any atom is 0.240 e. The maximum atomic E-state index is 11.9. The van der Waals surface area contributed by atoms with E-state index in [0.717, 1.165) is 5.56 Å². The number of aryl methyl sites for hydroxylation is 1. The van der Waals surface area contributed by atoms with Crippen LogP contribution in [-0.2, 0) is 14.8 Å². The van der Waals surface area contributed by atoms with Crippen molar-refractivity contribution < 1.29 is 13.2 Å². The van der Waals surface area contributed by atoms with Gasteiger partial charge in [-0.15, -0.1) is 0 Å². The molecule has 6 heteroatoms. The third kappa shape index (κ3) is 4.33. The predicted molar refractivity (Wildman–Crippen MR) is 67.3 cm³/mol. The van der Waals surface area contributed by atoms with Gasteiger partial charge in [0.2, 0.25) is 10.0 Å². The molecule has 0 aliphatic rings. The van der Waals surface area contributed by atoms with Crippen molar-refractivity contribution in [2.24, 2.45) is 0 Å². The topological polar surface area (TPSA) is 81.4 Å². The van der Waals surface area contributed by atoms with Gasteiger partial charge in [-0.3, -0.25) is 0 Å². The Kier molecular flexibility index (Phi) is 4.92. The molecule has 0 aromatic heterocycles. The molecule has 0 aliphatic heterocycles. The summed E-state index contributed by atoms with van der Waals surface area (Å²) in [6, 6.07) is 4.77. The van der Waals surface area contributed by atoms with Crippen molar-refractivity contribution in [3.63, 3.8) is 0 Å². The number of benzene rings is 1. The number of hydrogen-bond donors (Lipinski definition) is 2. The van der Waals surface area contributed by atoms with E-state index in [1.54, 1.807) is 26.2 Å². The zero-order valence-corrected chi connectivity index (χ0v) is 10.9. The molecule has 5 nitrogen and oxygen atoms in total. The molecule has 0 radical (unpaired) electrons. The second kappa shape index (κ2) is 6.00. The standard InChI is InChI=1S/C11H18N2O3S/c1-9-6-10(12)8-11(7-9)17(14,15)13-4-3-5-16-2/h6-8,13H,3-5,12H2,1-2H3. The minimum atomic E-state index is -3.47. The lowest BCUT2D eigenvalue weighted by molar-refractivity contribution is 0.196. The number of nitrogen functional groups attached to an aromatic ring is 1. The first kappa shape index (κ1) is 14.0. The Morgan fingerprint density at radius 1 is 1.35 bits per heavy atom. The molecule has 0 bridgehead atoms. The molecule has 0 unspecified atom stereocenters. The smallest absolute Gasteiger partial charge is 0.240 e. The summed E-state index contributed by atoms with van der Waals surface area (Å²) >= 11 is 0. The Morgan fingerprint density at radius 3 is 2.65 bits per heavy atom. The highest BCUT2D eigenvalue weighted by Gasteiger charge is 2.13. The van der Waals surface area contributed by atoms with E-state index in [9.17, 15) is 8.42 Å². The average molecular weight is 258 g/mol. The van der Waals surface area contributed by atoms with E-state index in [0.29, 0.717) is 25.3 Å². The minimum Gasteiger partial charge on any atom is -0.399 e. The number of ether oxygens (including phenoxy) is 1. The Hall–Kier alpha value is -1.11. The van der Waals surface area contributed by atoms with Crippen molar-refractivity contribution in [2.75, 3.05) is 26.0 Å². The number of nitrogens with two attached hydrogens (primary N) is 1. The molecular weight excluding hydrogens is 240 g/mol. The summed E-state index contributed by atoms with van der Waals surface area (Å²) in [6.07, 6.45) is 0.636. The lowest BCUT2D eigenvalue weighted by Gasteiger charge is -2.08. The number of rotatable bonds is 6. The molecule has 0 amide bonds. The molecule has 17 heavy (non-hydrogen) atoms. The predicted octanol–water partition coefficient (Wildman–Crippen LogP) is 0.892. The van der Waals surface area contributed by atoms with Gasteiger partial charge in [0.05, 0.1) is 4.90 Å². The summed E-state index contributed by atoms with van der Waals surface area (Å²) in [4.78, 5) is 0.201. The number of methoxy groups -OCH3 is 1. The Labute approximate surface area is 102 Å². The van der Waals surface area contributed by atoms with Crippen LogP contribution in [0.25, 0.3) is 0 Å². The number of nitrogens with one attached hydrogen (secondary N) is 1. The Bertz CT molecular complexity index is 451. The summed E-state index contributed by atoms with van der Waals surface area (Å²) in [5.74, 6) is 0. The number of sulfonamides is 1. The largest absolute Gasteiger partial charge is 0.399 e. The van der Waals surface area contributed by atoms with Gasteiger partial charge >= 0.3 is 0 Å². The normalized spacial score (nSPS) is 11.6. The van der Waals surface area contributed by atoms with Gasteiger partial charge in [0.15, 0.2) is 0 Å². The van der Waals surface area contributed by atoms with Crippen molar-refractivity contribution in [3.8, 4) is 0 Å². The van der Waals surface area contributed by atoms with Gasteiger partial charge in [0.1, 0.15) is 0 Å². The monoisotopic (exact) mass is 258 g/mol. The van der Waals surface area contributed by atoms with Crippen LogP contribution in [0.4, 0.5) is 5.69 Å². The third-order valence-corrected chi connectivity index (χ3v) is 3.64. The summed E-state index contributed by atoms with van der Waals surface area (Å²) in [7, 11) is -1.89. The summed E-state index contributed by atoms with van der Waals surface area (Å²) < 4.78 is 31.1. The average Bonchev–Trinajstić information content (AvgIpc) is 2.23. The summed E-state index contributed by atoms with van der Waals surface area (Å²) in [5.41, 5.74) is 6.89. The van der Waals surface area contributed by atoms with E-state index in [1.165, 1.54) is 6.07 Å². The quantitative estimate of drug-likeness (QED) is 0.586. The van der Waals surface area contributed by atoms with Gasteiger partial charge in [-0.05, 0) is 37.1 Å². The molecule has 0 saturated carbocycles. The van der Waals surface area contributed by atoms with Crippen LogP contribution in [0.3, 0.4) is 0 Å². The van der Waals surface area contributed by atoms with E-state index in [2.05, 4.69) is 4.72 Å². The first-order valence-electron chi connectivity index (χ1n) is 5.31. The van der Waals surface area contributed by atoms with Crippen LogP contribution < -0.4 is 10.5 Å². The molecule has 0 fully saturated rings. The van der Waals surface area contributed by atoms with E-state index < -0.39 is 10.0 Å². The van der Waals surface area contributed by atoms with E-state index in [4.69, 9.17) is 10.5 Å². The molecule has 96 valence electrons. The Morgan fingerprint density at radius 2 is 2.06 bits per heavy atom. The zero-order valence-electron chi connectivity index (χ0n) is 10.1. The highest BCUT2D eigenvalue weighted by atomic mass is 32.2. The molecule has 0 atom stereocenters. The highest BCUT2D eigenvalue weighted by Crippen LogP contribution is 2.15. The molecule has 0 spiro atoms. The summed E-state index contributed by atoms with van der Waals surface area (Å²) in [6.45, 7) is 2.68. The van der Waals surface area contributed by atoms with Crippen molar-refractivity contribution in [1.82, 2.24) is 4.72 Å². The number of hydrogen-bond acceptors (Lipinski definition) is 4. The number of anilines is 1. The fraction of sp³-hybridized carbons (Fsp3) is 0.455. The first-order chi connectivity index (χ1) is 7.95. The van der Waals surface area contributed by atoms with Crippen LogP contribution in [0, 0.1) is 6.92 Å². The molecule has 3 N–H and O–H groups in total. The van der Waals surface area contributed by atoms with Crippen molar-refractivity contribution in [3.05, 3.63) is 23.8 Å². The molecule has 0 aliphatic carbocycles. The molecule has 1 rings (SSSR count). The molecular formula is C11H18N2O3S. The van der Waals surface area contributed by atoms with Crippen LogP contribution >= 0.6 is 0 Å². The van der Waals surface area contributed by atoms with E-state index in [-0.39, 0.29) is 4.90 Å². The molecule has 0 saturated heterocycles. The van der Waals surface area contributed by atoms with Gasteiger partial charge < -0.3 is 10.5 Å². The molecule has 1 aromatic rings. The van der Waals surface area contributed by atoms with E-state index >= 15 is 0 Å². The van der Waals surface area contributed by atoms with Crippen LogP contribution in [0.15, 0.2) is 23.1 Å². The zero-order chi connectivity index (χ0) is 12.9. The summed E-state index contributed by atoms with van der Waals surface area (Å²) in [5, 5.41) is 0. The Balaban J connectivity index is 2.75. The van der Waals surface area contributed by atoms with Crippen molar-refractivity contribution in [2.45, 2.75) is 18.2 Å². The van der Waals surface area contributed by atoms with Crippen LogP contribution in [-0.4, -0.2) is 28.7 Å².